The normalized spacial score (nSPS) is 11.4. The molecule has 3 N–H and O–H groups in total. The molecule has 0 radical (unpaired) electrons. The van der Waals surface area contributed by atoms with E-state index < -0.39 is 0 Å². The molecule has 4 aromatic rings. The molecule has 0 saturated heterocycles. The summed E-state index contributed by atoms with van der Waals surface area (Å²) in [7, 11) is 0. The third kappa shape index (κ3) is 4.86. The van der Waals surface area contributed by atoms with Crippen LogP contribution in [0.4, 0.5) is 0 Å². The largest absolute Gasteiger partial charge is 0.507 e. The van der Waals surface area contributed by atoms with Crippen LogP contribution in [0, 0.1) is 73.0 Å². The number of phenolic OH excluding ortho intramolecular Hbond substituents is 3. The van der Waals surface area contributed by atoms with E-state index in [9.17, 15) is 15.3 Å². The summed E-state index contributed by atoms with van der Waals surface area (Å²) < 4.78 is 2.59. The molecule has 0 fully saturated rings. The third-order valence-electron chi connectivity index (χ3n) is 8.41. The van der Waals surface area contributed by atoms with E-state index in [4.69, 9.17) is 0 Å². The number of rotatable bonds is 3. The molecule has 0 aromatic heterocycles. The lowest BCUT2D eigenvalue weighted by Crippen LogP contribution is -2.01. The molecule has 4 aromatic carbocycles. The molecule has 39 heavy (non-hydrogen) atoms. The van der Waals surface area contributed by atoms with E-state index in [-0.39, 0.29) is 0 Å². The van der Waals surface area contributed by atoms with Gasteiger partial charge in [0.1, 0.15) is 17.2 Å². The van der Waals surface area contributed by atoms with Crippen LogP contribution in [0.2, 0.25) is 0 Å². The highest BCUT2D eigenvalue weighted by molar-refractivity contribution is 14.1. The fourth-order valence-electron chi connectivity index (χ4n) is 5.65. The summed E-state index contributed by atoms with van der Waals surface area (Å²) in [6, 6.07) is 6.74. The minimum Gasteiger partial charge on any atom is -0.507 e. The SMILES string of the molecule is Cc1c(C)c(-c2cc(-c3c(C)c(C)c(O)c(I)c3C)cc(-c3c(C)c(C)c(O)c(I)c3C)c2)c(C)c(I)c1O. The molecule has 0 heterocycles. The van der Waals surface area contributed by atoms with Crippen LogP contribution in [0.15, 0.2) is 18.2 Å². The molecule has 0 bridgehead atoms. The van der Waals surface area contributed by atoms with Crippen LogP contribution < -0.4 is 0 Å². The zero-order valence-corrected chi connectivity index (χ0v) is 30.2. The first-order valence-corrected chi connectivity index (χ1v) is 16.0. The Bertz CT molecular complexity index is 1400. The second-order valence-electron chi connectivity index (χ2n) is 10.5. The summed E-state index contributed by atoms with van der Waals surface area (Å²) in [6.45, 7) is 18.4. The molecule has 204 valence electrons. The molecule has 0 atom stereocenters. The number of hydrogen-bond donors (Lipinski definition) is 3. The highest BCUT2D eigenvalue weighted by Crippen LogP contribution is 2.46. The van der Waals surface area contributed by atoms with Gasteiger partial charge in [-0.25, -0.2) is 0 Å². The topological polar surface area (TPSA) is 60.7 Å². The molecule has 0 aliphatic carbocycles. The summed E-state index contributed by atoms with van der Waals surface area (Å²) in [5.74, 6) is 1.03. The van der Waals surface area contributed by atoms with Crippen LogP contribution in [-0.4, -0.2) is 15.3 Å². The number of aromatic hydroxyl groups is 3. The average Bonchev–Trinajstić information content (AvgIpc) is 2.91. The van der Waals surface area contributed by atoms with E-state index in [2.05, 4.69) is 128 Å². The lowest BCUT2D eigenvalue weighted by Gasteiger charge is -2.23. The minimum atomic E-state index is 0.344. The number of hydrogen-bond acceptors (Lipinski definition) is 3. The Labute approximate surface area is 272 Å². The molecule has 0 saturated carbocycles. The Morgan fingerprint density at radius 2 is 0.564 bits per heavy atom. The minimum absolute atomic E-state index is 0.344. The van der Waals surface area contributed by atoms with Crippen molar-refractivity contribution in [3.05, 3.63) is 79.0 Å². The Morgan fingerprint density at radius 3 is 0.769 bits per heavy atom. The molecular formula is C33H33I3O3. The molecular weight excluding hydrogens is 825 g/mol. The van der Waals surface area contributed by atoms with E-state index >= 15 is 0 Å². The first kappa shape index (κ1) is 30.4. The van der Waals surface area contributed by atoms with Gasteiger partial charge >= 0.3 is 0 Å². The van der Waals surface area contributed by atoms with Crippen LogP contribution in [0.1, 0.15) is 50.1 Å². The number of halogens is 3. The van der Waals surface area contributed by atoms with Crippen molar-refractivity contribution >= 4 is 67.8 Å². The second-order valence-corrected chi connectivity index (χ2v) is 13.8. The van der Waals surface area contributed by atoms with Crippen molar-refractivity contribution in [2.45, 2.75) is 62.3 Å². The predicted octanol–water partition coefficient (Wildman–Crippen LogP) is 10.4. The van der Waals surface area contributed by atoms with Gasteiger partial charge in [0.15, 0.2) is 0 Å². The molecule has 0 amide bonds. The summed E-state index contributed by atoms with van der Waals surface area (Å²) >= 11 is 6.73. The predicted molar refractivity (Wildman–Crippen MR) is 189 cm³/mol. The highest BCUT2D eigenvalue weighted by Gasteiger charge is 2.23. The van der Waals surface area contributed by atoms with Gasteiger partial charge in [-0.2, -0.15) is 0 Å². The van der Waals surface area contributed by atoms with Crippen molar-refractivity contribution < 1.29 is 15.3 Å². The van der Waals surface area contributed by atoms with Gasteiger partial charge in [0.25, 0.3) is 0 Å². The van der Waals surface area contributed by atoms with Crippen LogP contribution in [-0.2, 0) is 0 Å². The van der Waals surface area contributed by atoms with Crippen molar-refractivity contribution in [3.63, 3.8) is 0 Å². The zero-order chi connectivity index (χ0) is 29.2. The van der Waals surface area contributed by atoms with Crippen LogP contribution >= 0.6 is 67.8 Å². The van der Waals surface area contributed by atoms with Gasteiger partial charge in [-0.1, -0.05) is 0 Å². The van der Waals surface area contributed by atoms with Crippen molar-refractivity contribution in [1.29, 1.82) is 0 Å². The van der Waals surface area contributed by atoms with Gasteiger partial charge in [0.2, 0.25) is 0 Å². The van der Waals surface area contributed by atoms with E-state index in [0.29, 0.717) is 17.2 Å². The summed E-state index contributed by atoms with van der Waals surface area (Å²) in [5, 5.41) is 32.3. The van der Waals surface area contributed by atoms with Gasteiger partial charge in [-0.05, 0) is 232 Å². The molecule has 0 spiro atoms. The maximum Gasteiger partial charge on any atom is 0.132 e. The van der Waals surface area contributed by atoms with Crippen LogP contribution in [0.3, 0.4) is 0 Å². The third-order valence-corrected chi connectivity index (χ3v) is 12.4. The quantitative estimate of drug-likeness (QED) is 0.180. The van der Waals surface area contributed by atoms with Gasteiger partial charge in [-0.15, -0.1) is 0 Å². The molecule has 6 heteroatoms. The van der Waals surface area contributed by atoms with Crippen molar-refractivity contribution in [3.8, 4) is 50.6 Å². The lowest BCUT2D eigenvalue weighted by molar-refractivity contribution is 0.465. The summed E-state index contributed by atoms with van der Waals surface area (Å²) in [4.78, 5) is 0. The Hall–Kier alpha value is -1.53. The molecule has 0 aliphatic rings. The van der Waals surface area contributed by atoms with Crippen LogP contribution in [0.5, 0.6) is 17.2 Å². The molecule has 0 aliphatic heterocycles. The maximum atomic E-state index is 10.8. The van der Waals surface area contributed by atoms with Gasteiger partial charge in [0, 0.05) is 0 Å². The van der Waals surface area contributed by atoms with Gasteiger partial charge in [-0.3, -0.25) is 0 Å². The van der Waals surface area contributed by atoms with Gasteiger partial charge < -0.3 is 15.3 Å². The fourth-order valence-corrected chi connectivity index (χ4v) is 7.68. The number of phenols is 3. The molecule has 3 nitrogen and oxygen atoms in total. The van der Waals surface area contributed by atoms with E-state index in [1.807, 2.05) is 20.8 Å². The first-order chi connectivity index (χ1) is 18.1. The summed E-state index contributed by atoms with van der Waals surface area (Å²) in [6.07, 6.45) is 0. The van der Waals surface area contributed by atoms with E-state index in [1.165, 1.54) is 0 Å². The van der Waals surface area contributed by atoms with E-state index in [1.54, 1.807) is 0 Å². The molecule has 0 unspecified atom stereocenters. The van der Waals surface area contributed by atoms with Crippen molar-refractivity contribution in [1.82, 2.24) is 0 Å². The second kappa shape index (κ2) is 11.0. The van der Waals surface area contributed by atoms with Crippen LogP contribution in [0.25, 0.3) is 33.4 Å². The number of benzene rings is 4. The Balaban J connectivity index is 2.22. The monoisotopic (exact) mass is 858 g/mol. The fraction of sp³-hybridized carbons (Fsp3) is 0.273. The molecule has 4 rings (SSSR count). The first-order valence-electron chi connectivity index (χ1n) is 12.7. The Kier molecular flexibility index (Phi) is 8.61. The Morgan fingerprint density at radius 1 is 0.359 bits per heavy atom. The highest BCUT2D eigenvalue weighted by atomic mass is 127. The van der Waals surface area contributed by atoms with Crippen molar-refractivity contribution in [2.24, 2.45) is 0 Å². The smallest absolute Gasteiger partial charge is 0.132 e. The lowest BCUT2D eigenvalue weighted by atomic mass is 9.84. The van der Waals surface area contributed by atoms with E-state index in [0.717, 1.165) is 94.2 Å². The average molecular weight is 858 g/mol. The maximum absolute atomic E-state index is 10.8. The van der Waals surface area contributed by atoms with Gasteiger partial charge in [0.05, 0.1) is 10.7 Å². The zero-order valence-electron chi connectivity index (χ0n) is 23.7. The summed E-state index contributed by atoms with van der Waals surface area (Å²) in [5.41, 5.74) is 15.6. The standard InChI is InChI=1S/C33H33I3O3/c1-13-16(4)31(37)28(34)19(7)25(13)22-10-23(26-14(2)17(5)32(38)29(35)20(26)8)12-24(11-22)27-15(3)18(6)33(39)30(36)21(27)9/h10-12,37-39H,1-9H3. The van der Waals surface area contributed by atoms with Crippen molar-refractivity contribution in [2.75, 3.05) is 0 Å².